The van der Waals surface area contributed by atoms with Crippen LogP contribution in [0, 0.1) is 0 Å². The smallest absolute Gasteiger partial charge is 0.335 e. The van der Waals surface area contributed by atoms with Crippen molar-refractivity contribution in [2.24, 2.45) is 11.5 Å². The summed E-state index contributed by atoms with van der Waals surface area (Å²) < 4.78 is 25.7. The van der Waals surface area contributed by atoms with Crippen LogP contribution in [0.1, 0.15) is 67.7 Å². The number of aliphatic carboxylic acids is 1. The molecule has 0 saturated carbocycles. The van der Waals surface area contributed by atoms with Crippen LogP contribution in [0.2, 0.25) is 0 Å². The van der Waals surface area contributed by atoms with Crippen LogP contribution < -0.4 is 11.5 Å². The Morgan fingerprint density at radius 3 is 1.66 bits per heavy atom. The van der Waals surface area contributed by atoms with Gasteiger partial charge in [-0.2, -0.15) is 0 Å². The quantitative estimate of drug-likeness (QED) is 0.180. The van der Waals surface area contributed by atoms with Gasteiger partial charge in [0, 0.05) is 23.6 Å². The molecule has 5 atom stereocenters. The van der Waals surface area contributed by atoms with E-state index in [2.05, 4.69) is 19.7 Å². The predicted octanol–water partition coefficient (Wildman–Crippen LogP) is 3.34. The van der Waals surface area contributed by atoms with Crippen molar-refractivity contribution in [1.82, 2.24) is 0 Å². The molecule has 11 nitrogen and oxygen atoms in total. The molecule has 35 heavy (non-hydrogen) atoms. The summed E-state index contributed by atoms with van der Waals surface area (Å²) in [5.74, 6) is -1.91. The molecule has 0 amide bonds. The molecule has 0 radical (unpaired) electrons. The van der Waals surface area contributed by atoms with E-state index >= 15 is 0 Å². The number of rotatable bonds is 14. The minimum atomic E-state index is -0.935. The highest BCUT2D eigenvalue weighted by molar-refractivity contribution is 5.87. The molecule has 0 spiro atoms. The molecule has 0 saturated heterocycles. The van der Waals surface area contributed by atoms with E-state index in [1.54, 1.807) is 20.8 Å². The first-order chi connectivity index (χ1) is 16.1. The predicted molar refractivity (Wildman–Crippen MR) is 132 cm³/mol. The number of carbonyl (C=O) groups is 3. The van der Waals surface area contributed by atoms with Crippen molar-refractivity contribution in [3.63, 3.8) is 0 Å². The number of carboxylic acids is 1. The van der Waals surface area contributed by atoms with Crippen molar-refractivity contribution >= 4 is 17.9 Å². The molecule has 0 fully saturated rings. The van der Waals surface area contributed by atoms with Crippen LogP contribution in [-0.4, -0.2) is 54.3 Å². The van der Waals surface area contributed by atoms with Crippen LogP contribution in [0.5, 0.6) is 0 Å². The van der Waals surface area contributed by atoms with Crippen LogP contribution in [0.25, 0.3) is 0 Å². The van der Waals surface area contributed by atoms with Gasteiger partial charge in [-0.05, 0) is 40.5 Å². The van der Waals surface area contributed by atoms with Gasteiger partial charge in [0.25, 0.3) is 0 Å². The van der Waals surface area contributed by atoms with Gasteiger partial charge in [-0.3, -0.25) is 0 Å². The summed E-state index contributed by atoms with van der Waals surface area (Å²) >= 11 is 0. The van der Waals surface area contributed by atoms with Crippen molar-refractivity contribution in [1.29, 1.82) is 0 Å². The average molecular weight is 505 g/mol. The van der Waals surface area contributed by atoms with Crippen molar-refractivity contribution in [2.75, 3.05) is 0 Å². The Bertz CT molecular complexity index is 653. The molecule has 0 aromatic rings. The average Bonchev–Trinajstić information content (AvgIpc) is 2.77. The molecule has 5 unspecified atom stereocenters. The highest BCUT2D eigenvalue weighted by Crippen LogP contribution is 2.11. The Hall–Kier alpha value is -2.57. The maximum absolute atomic E-state index is 11.0. The molecule has 0 heterocycles. The Morgan fingerprint density at radius 1 is 0.857 bits per heavy atom. The Balaban J connectivity index is -0.000000493. The van der Waals surface area contributed by atoms with E-state index in [1.807, 2.05) is 20.8 Å². The number of hydrogen-bond donors (Lipinski definition) is 3. The lowest BCUT2D eigenvalue weighted by molar-refractivity contribution is -0.251. The van der Waals surface area contributed by atoms with Gasteiger partial charge in [0.2, 0.25) is 12.6 Å². The van der Waals surface area contributed by atoms with Gasteiger partial charge in [0.05, 0.1) is 0 Å². The topological polar surface area (TPSA) is 170 Å². The summed E-state index contributed by atoms with van der Waals surface area (Å²) in [5.41, 5.74) is 11.5. The van der Waals surface area contributed by atoms with Gasteiger partial charge in [-0.25, -0.2) is 14.4 Å². The molecular weight excluding hydrogens is 460 g/mol. The minimum absolute atomic E-state index is 0.176. The van der Waals surface area contributed by atoms with Gasteiger partial charge < -0.3 is 40.3 Å². The third kappa shape index (κ3) is 24.4. The Morgan fingerprint density at radius 2 is 1.34 bits per heavy atom. The number of carbonyl (C=O) groups excluding carboxylic acids is 2. The monoisotopic (exact) mass is 504 g/mol. The second-order valence-corrected chi connectivity index (χ2v) is 7.22. The lowest BCUT2D eigenvalue weighted by atomic mass is 10.4. The first-order valence-electron chi connectivity index (χ1n) is 11.2. The zero-order valence-electron chi connectivity index (χ0n) is 22.1. The Labute approximate surface area is 209 Å². The van der Waals surface area contributed by atoms with Gasteiger partial charge in [-0.1, -0.05) is 40.5 Å². The van der Waals surface area contributed by atoms with E-state index in [0.29, 0.717) is 24.8 Å². The number of esters is 2. The van der Waals surface area contributed by atoms with Crippen LogP contribution in [0.3, 0.4) is 0 Å². The molecule has 0 aliphatic carbocycles. The fourth-order valence-electron chi connectivity index (χ4n) is 1.65. The number of nitrogens with two attached hydrogens (primary N) is 2. The molecule has 5 N–H and O–H groups in total. The fourth-order valence-corrected chi connectivity index (χ4v) is 1.65. The van der Waals surface area contributed by atoms with Gasteiger partial charge in [-0.15, -0.1) is 0 Å². The van der Waals surface area contributed by atoms with Gasteiger partial charge in [0.1, 0.15) is 12.5 Å². The second-order valence-electron chi connectivity index (χ2n) is 7.22. The number of ether oxygens (including phenoxy) is 5. The summed E-state index contributed by atoms with van der Waals surface area (Å²) in [7, 11) is 0. The summed E-state index contributed by atoms with van der Waals surface area (Å²) in [5, 5.41) is 7.89. The van der Waals surface area contributed by atoms with Crippen LogP contribution >= 0.6 is 0 Å². The van der Waals surface area contributed by atoms with E-state index in [1.165, 1.54) is 6.92 Å². The summed E-state index contributed by atoms with van der Waals surface area (Å²) in [6.07, 6.45) is 0.437. The standard InChI is InChI=1S/C12H23NO4.C8H15NO3.C4H6O2/c1-5-9(13)15-11(7-3)17-12(8-4)16-10(14)6-2;1-5(2)8(10)12-7(4)11-6(3)9;1-3(2)4(5)6/h6,9,11-12H,2,5,7-8,13H2,1,3-4H3;6-7H,1,9H2,2-4H3;1H2,2H3,(H,5,6). The second kappa shape index (κ2) is 21.9. The van der Waals surface area contributed by atoms with Crippen molar-refractivity contribution in [3.8, 4) is 0 Å². The molecule has 0 aromatic heterocycles. The lowest BCUT2D eigenvalue weighted by Crippen LogP contribution is -2.34. The van der Waals surface area contributed by atoms with Crippen molar-refractivity contribution in [2.45, 2.75) is 99.1 Å². The van der Waals surface area contributed by atoms with E-state index in [-0.39, 0.29) is 11.8 Å². The third-order valence-corrected chi connectivity index (χ3v) is 3.51. The highest BCUT2D eigenvalue weighted by atomic mass is 16.8. The molecule has 0 aliphatic heterocycles. The van der Waals surface area contributed by atoms with Crippen LogP contribution in [-0.2, 0) is 38.1 Å². The summed E-state index contributed by atoms with van der Waals surface area (Å²) in [6.45, 7) is 21.9. The Kier molecular flexibility index (Phi) is 23.2. The molecule has 0 aromatic carbocycles. The van der Waals surface area contributed by atoms with Crippen molar-refractivity contribution < 1.29 is 43.2 Å². The summed E-state index contributed by atoms with van der Waals surface area (Å²) in [6, 6.07) is 0. The number of hydrogen-bond acceptors (Lipinski definition) is 10. The molecule has 0 rings (SSSR count). The largest absolute Gasteiger partial charge is 0.478 e. The molecular formula is C24H44N2O9. The zero-order chi connectivity index (χ0) is 28.1. The molecule has 204 valence electrons. The third-order valence-electron chi connectivity index (χ3n) is 3.51. The van der Waals surface area contributed by atoms with Gasteiger partial charge >= 0.3 is 17.9 Å². The van der Waals surface area contributed by atoms with Gasteiger partial charge in [0.15, 0.2) is 6.29 Å². The van der Waals surface area contributed by atoms with Crippen LogP contribution in [0.4, 0.5) is 0 Å². The van der Waals surface area contributed by atoms with E-state index < -0.39 is 43.0 Å². The maximum atomic E-state index is 11.0. The maximum Gasteiger partial charge on any atom is 0.335 e. The highest BCUT2D eigenvalue weighted by Gasteiger charge is 2.19. The first kappa shape index (κ1) is 37.0. The zero-order valence-corrected chi connectivity index (χ0v) is 22.1. The molecule has 0 aliphatic rings. The first-order valence-corrected chi connectivity index (χ1v) is 11.2. The SMILES string of the molecule is C=C(C)C(=O)O.C=C(C)C(=O)OC(C)OC(C)N.C=CC(=O)OC(CC)OC(CC)OC(N)CC. The minimum Gasteiger partial charge on any atom is -0.478 e. The summed E-state index contributed by atoms with van der Waals surface area (Å²) in [4.78, 5) is 31.5. The van der Waals surface area contributed by atoms with E-state index in [9.17, 15) is 14.4 Å². The normalized spacial score (nSPS) is 14.2. The van der Waals surface area contributed by atoms with Crippen LogP contribution in [0.15, 0.2) is 37.0 Å². The van der Waals surface area contributed by atoms with Crippen molar-refractivity contribution in [3.05, 3.63) is 37.0 Å². The van der Waals surface area contributed by atoms with E-state index in [4.69, 9.17) is 40.3 Å². The molecule has 0 bridgehead atoms. The molecule has 11 heteroatoms. The van der Waals surface area contributed by atoms with E-state index in [0.717, 1.165) is 6.08 Å². The fraction of sp³-hybridized carbons (Fsp3) is 0.625. The number of carboxylic acid groups (broad SMARTS) is 1. The lowest BCUT2D eigenvalue weighted by Gasteiger charge is -2.25.